The SMILES string of the molecule is Cc1ccc(N2C(=S)N(C(=O)c3ccccc3)CC2(O)c2ccccc2)cc1. The van der Waals surface area contributed by atoms with Crippen molar-refractivity contribution in [3.63, 3.8) is 0 Å². The quantitative estimate of drug-likeness (QED) is 0.687. The molecule has 1 aliphatic rings. The van der Waals surface area contributed by atoms with Crippen molar-refractivity contribution in [1.82, 2.24) is 4.90 Å². The third-order valence-corrected chi connectivity index (χ3v) is 5.37. The van der Waals surface area contributed by atoms with Gasteiger partial charge in [0.1, 0.15) is 0 Å². The van der Waals surface area contributed by atoms with Crippen LogP contribution in [0.3, 0.4) is 0 Å². The molecular weight excluding hydrogens is 368 g/mol. The maximum absolute atomic E-state index is 13.1. The van der Waals surface area contributed by atoms with Gasteiger partial charge in [-0.1, -0.05) is 66.2 Å². The van der Waals surface area contributed by atoms with Crippen LogP contribution in [0.1, 0.15) is 21.5 Å². The van der Waals surface area contributed by atoms with Gasteiger partial charge >= 0.3 is 0 Å². The summed E-state index contributed by atoms with van der Waals surface area (Å²) in [4.78, 5) is 16.2. The smallest absolute Gasteiger partial charge is 0.260 e. The van der Waals surface area contributed by atoms with E-state index in [1.165, 1.54) is 4.90 Å². The maximum atomic E-state index is 13.1. The third-order valence-electron chi connectivity index (χ3n) is 4.96. The predicted molar refractivity (Wildman–Crippen MR) is 114 cm³/mol. The zero-order valence-electron chi connectivity index (χ0n) is 15.4. The molecule has 5 heteroatoms. The number of rotatable bonds is 3. The summed E-state index contributed by atoms with van der Waals surface area (Å²) in [6.45, 7) is 2.05. The van der Waals surface area contributed by atoms with Crippen LogP contribution >= 0.6 is 12.2 Å². The zero-order chi connectivity index (χ0) is 19.7. The van der Waals surface area contributed by atoms with Gasteiger partial charge in [0.15, 0.2) is 10.8 Å². The topological polar surface area (TPSA) is 43.8 Å². The monoisotopic (exact) mass is 388 g/mol. The molecule has 1 aliphatic heterocycles. The van der Waals surface area contributed by atoms with Gasteiger partial charge in [0.2, 0.25) is 0 Å². The summed E-state index contributed by atoms with van der Waals surface area (Å²) >= 11 is 5.67. The van der Waals surface area contributed by atoms with E-state index in [4.69, 9.17) is 12.2 Å². The fourth-order valence-electron chi connectivity index (χ4n) is 3.48. The van der Waals surface area contributed by atoms with Crippen molar-refractivity contribution in [2.24, 2.45) is 0 Å². The molecule has 0 bridgehead atoms. The summed E-state index contributed by atoms with van der Waals surface area (Å²) in [5.74, 6) is -0.227. The first-order valence-corrected chi connectivity index (χ1v) is 9.47. The van der Waals surface area contributed by atoms with E-state index in [9.17, 15) is 9.90 Å². The number of benzene rings is 3. The molecule has 0 radical (unpaired) electrons. The van der Waals surface area contributed by atoms with Gasteiger partial charge in [0.25, 0.3) is 5.91 Å². The number of β-amino-alcohol motifs (C(OH)–C–C–N with tert-alkyl or cyclic N) is 1. The first-order chi connectivity index (χ1) is 13.5. The van der Waals surface area contributed by atoms with E-state index in [1.54, 1.807) is 17.0 Å². The van der Waals surface area contributed by atoms with Gasteiger partial charge in [-0.15, -0.1) is 0 Å². The molecule has 0 aliphatic carbocycles. The minimum Gasteiger partial charge on any atom is -0.365 e. The fourth-order valence-corrected chi connectivity index (χ4v) is 3.88. The van der Waals surface area contributed by atoms with Gasteiger partial charge < -0.3 is 5.11 Å². The highest BCUT2D eigenvalue weighted by Gasteiger charge is 2.50. The summed E-state index contributed by atoms with van der Waals surface area (Å²) in [6, 6.07) is 26.1. The van der Waals surface area contributed by atoms with Crippen LogP contribution in [0.25, 0.3) is 0 Å². The standard InChI is InChI=1S/C23H20N2O2S/c1-17-12-14-20(15-13-17)25-22(28)24(21(26)18-8-4-2-5-9-18)16-23(25,27)19-10-6-3-7-11-19/h2-15,27H,16H2,1H3. The fraction of sp³-hybridized carbons (Fsp3) is 0.130. The number of aliphatic hydroxyl groups is 1. The molecule has 1 atom stereocenters. The van der Waals surface area contributed by atoms with Crippen molar-refractivity contribution in [3.8, 4) is 0 Å². The van der Waals surface area contributed by atoms with Gasteiger partial charge in [0.05, 0.1) is 6.54 Å². The zero-order valence-corrected chi connectivity index (χ0v) is 16.3. The maximum Gasteiger partial charge on any atom is 0.260 e. The lowest BCUT2D eigenvalue weighted by Crippen LogP contribution is -2.44. The normalized spacial score (nSPS) is 19.1. The van der Waals surface area contributed by atoms with Gasteiger partial charge in [0, 0.05) is 16.8 Å². The molecule has 0 saturated carbocycles. The highest BCUT2D eigenvalue weighted by Crippen LogP contribution is 2.38. The molecular formula is C23H20N2O2S. The molecule has 1 fully saturated rings. The van der Waals surface area contributed by atoms with Crippen LogP contribution < -0.4 is 4.90 Å². The van der Waals surface area contributed by atoms with Crippen LogP contribution in [-0.2, 0) is 5.72 Å². The lowest BCUT2D eigenvalue weighted by atomic mass is 10.0. The molecule has 1 unspecified atom stereocenters. The van der Waals surface area contributed by atoms with Gasteiger partial charge in [-0.2, -0.15) is 0 Å². The average molecular weight is 388 g/mol. The third kappa shape index (κ3) is 3.09. The number of amides is 1. The number of anilines is 1. The molecule has 1 heterocycles. The number of hydrogen-bond donors (Lipinski definition) is 1. The predicted octanol–water partition coefficient (Wildman–Crippen LogP) is 4.09. The molecule has 1 N–H and O–H groups in total. The average Bonchev–Trinajstić information content (AvgIpc) is 3.01. The van der Waals surface area contributed by atoms with Crippen LogP contribution in [0.5, 0.6) is 0 Å². The van der Waals surface area contributed by atoms with E-state index in [-0.39, 0.29) is 17.6 Å². The van der Waals surface area contributed by atoms with Crippen molar-refractivity contribution in [1.29, 1.82) is 0 Å². The Bertz CT molecular complexity index is 1010. The Kier molecular flexibility index (Phi) is 4.71. The number of aryl methyl sites for hydroxylation is 1. The molecule has 0 aromatic heterocycles. The second-order valence-corrected chi connectivity index (χ2v) is 7.26. The number of carbonyl (C=O) groups excluding carboxylic acids is 1. The van der Waals surface area contributed by atoms with Crippen LogP contribution in [0, 0.1) is 6.92 Å². The molecule has 28 heavy (non-hydrogen) atoms. The summed E-state index contributed by atoms with van der Waals surface area (Å²) < 4.78 is 0. The second kappa shape index (κ2) is 7.19. The Labute approximate surface area is 169 Å². The number of carbonyl (C=O) groups is 1. The molecule has 4 rings (SSSR count). The van der Waals surface area contributed by atoms with E-state index < -0.39 is 5.72 Å². The van der Waals surface area contributed by atoms with Crippen molar-refractivity contribution in [2.75, 3.05) is 11.4 Å². The van der Waals surface area contributed by atoms with Crippen molar-refractivity contribution in [2.45, 2.75) is 12.6 Å². The van der Waals surface area contributed by atoms with Gasteiger partial charge in [-0.25, -0.2) is 0 Å². The summed E-state index contributed by atoms with van der Waals surface area (Å²) in [5.41, 5.74) is 1.62. The number of thiocarbonyl (C=S) groups is 1. The van der Waals surface area contributed by atoms with Crippen LogP contribution in [0.4, 0.5) is 5.69 Å². The molecule has 3 aromatic carbocycles. The van der Waals surface area contributed by atoms with Crippen LogP contribution in [-0.4, -0.2) is 27.6 Å². The Hall–Kier alpha value is -3.02. The highest BCUT2D eigenvalue weighted by molar-refractivity contribution is 7.80. The van der Waals surface area contributed by atoms with Crippen molar-refractivity contribution in [3.05, 3.63) is 102 Å². The van der Waals surface area contributed by atoms with E-state index in [1.807, 2.05) is 79.7 Å². The second-order valence-electron chi connectivity index (χ2n) is 6.89. The summed E-state index contributed by atoms with van der Waals surface area (Å²) in [7, 11) is 0. The Balaban J connectivity index is 1.80. The Morgan fingerprint density at radius 1 is 0.929 bits per heavy atom. The molecule has 4 nitrogen and oxygen atoms in total. The van der Waals surface area contributed by atoms with Gasteiger partial charge in [-0.3, -0.25) is 14.6 Å². The molecule has 140 valence electrons. The van der Waals surface area contributed by atoms with Crippen LogP contribution in [0.2, 0.25) is 0 Å². The van der Waals surface area contributed by atoms with E-state index in [0.29, 0.717) is 11.1 Å². The molecule has 0 spiro atoms. The number of nitrogens with zero attached hydrogens (tertiary/aromatic N) is 2. The Morgan fingerprint density at radius 3 is 2.11 bits per heavy atom. The largest absolute Gasteiger partial charge is 0.365 e. The molecule has 1 amide bonds. The lowest BCUT2D eigenvalue weighted by Gasteiger charge is -2.33. The van der Waals surface area contributed by atoms with Crippen molar-refractivity contribution < 1.29 is 9.90 Å². The van der Waals surface area contributed by atoms with Gasteiger partial charge in [-0.05, 0) is 43.4 Å². The molecule has 3 aromatic rings. The molecule has 1 saturated heterocycles. The van der Waals surface area contributed by atoms with Crippen molar-refractivity contribution >= 4 is 28.9 Å². The first-order valence-electron chi connectivity index (χ1n) is 9.06. The highest BCUT2D eigenvalue weighted by atomic mass is 32.1. The van der Waals surface area contributed by atoms with E-state index >= 15 is 0 Å². The summed E-state index contributed by atoms with van der Waals surface area (Å²) in [5, 5.41) is 12.0. The minimum absolute atomic E-state index is 0.0530. The first kappa shape index (κ1) is 18.3. The van der Waals surface area contributed by atoms with Crippen LogP contribution in [0.15, 0.2) is 84.9 Å². The lowest BCUT2D eigenvalue weighted by molar-refractivity contribution is 0.0432. The Morgan fingerprint density at radius 2 is 1.50 bits per heavy atom. The minimum atomic E-state index is -1.45. The van der Waals surface area contributed by atoms with E-state index in [0.717, 1.165) is 11.3 Å². The number of hydrogen-bond acceptors (Lipinski definition) is 3. The summed E-state index contributed by atoms with van der Waals surface area (Å²) in [6.07, 6.45) is 0. The van der Waals surface area contributed by atoms with E-state index in [2.05, 4.69) is 0 Å².